The van der Waals surface area contributed by atoms with Crippen LogP contribution in [0, 0.1) is 5.92 Å². The smallest absolute Gasteiger partial charge is 0.364 e. The Labute approximate surface area is 171 Å². The molecule has 1 aliphatic heterocycles. The first-order chi connectivity index (χ1) is 14.0. The largest absolute Gasteiger partial charge is 0.477 e. The summed E-state index contributed by atoms with van der Waals surface area (Å²) in [6.45, 7) is 4.84. The fraction of sp³-hybridized carbons (Fsp3) is 0.478. The highest BCUT2D eigenvalue weighted by Gasteiger charge is 2.40. The summed E-state index contributed by atoms with van der Waals surface area (Å²) >= 11 is 0. The number of unbranched alkanes of at least 4 members (excludes halogenated alkanes) is 2. The van der Waals surface area contributed by atoms with Gasteiger partial charge in [0, 0.05) is 12.8 Å². The number of aliphatic carboxylic acids is 1. The van der Waals surface area contributed by atoms with Gasteiger partial charge in [0.1, 0.15) is 6.61 Å². The maximum Gasteiger partial charge on any atom is 0.364 e. The molecule has 0 atom stereocenters. The standard InChI is InChI=1S/C23H29NO5/c1-17(20-12-11-19-9-5-6-10-21(19)14-20)24-29-13-7-3-4-8-18-15-27-23(2,22(25)26)28-16-18/h5-6,9-12,14,18H,3-4,7-8,13,15-16H2,1-2H3,(H,25,26). The van der Waals surface area contributed by atoms with Crippen LogP contribution in [-0.4, -0.2) is 42.4 Å². The van der Waals surface area contributed by atoms with E-state index in [4.69, 9.17) is 19.4 Å². The molecule has 1 N–H and O–H groups in total. The van der Waals surface area contributed by atoms with E-state index in [1.165, 1.54) is 17.7 Å². The van der Waals surface area contributed by atoms with E-state index in [0.29, 0.717) is 19.8 Å². The maximum absolute atomic E-state index is 11.1. The van der Waals surface area contributed by atoms with Crippen molar-refractivity contribution < 1.29 is 24.2 Å². The zero-order valence-corrected chi connectivity index (χ0v) is 17.1. The molecule has 29 heavy (non-hydrogen) atoms. The molecule has 0 aliphatic carbocycles. The number of carboxylic acid groups (broad SMARTS) is 1. The van der Waals surface area contributed by atoms with Crippen LogP contribution in [0.1, 0.15) is 45.1 Å². The number of hydrogen-bond donors (Lipinski definition) is 1. The van der Waals surface area contributed by atoms with Gasteiger partial charge in [-0.25, -0.2) is 4.79 Å². The zero-order valence-electron chi connectivity index (χ0n) is 17.1. The number of fused-ring (bicyclic) bond motifs is 1. The molecular weight excluding hydrogens is 370 g/mol. The third-order valence-corrected chi connectivity index (χ3v) is 5.29. The number of nitrogens with zero attached hydrogens (tertiary/aromatic N) is 1. The van der Waals surface area contributed by atoms with Gasteiger partial charge >= 0.3 is 5.97 Å². The Morgan fingerprint density at radius 1 is 1.14 bits per heavy atom. The second kappa shape index (κ2) is 9.85. The minimum absolute atomic E-state index is 0.247. The molecule has 2 aromatic rings. The van der Waals surface area contributed by atoms with E-state index >= 15 is 0 Å². The summed E-state index contributed by atoms with van der Waals surface area (Å²) in [5, 5.41) is 15.7. The lowest BCUT2D eigenvalue weighted by atomic mass is 10.0. The Morgan fingerprint density at radius 2 is 1.86 bits per heavy atom. The molecule has 156 valence electrons. The van der Waals surface area contributed by atoms with Gasteiger partial charge in [-0.05, 0) is 48.6 Å². The van der Waals surface area contributed by atoms with E-state index < -0.39 is 11.8 Å². The van der Waals surface area contributed by atoms with E-state index in [1.54, 1.807) is 0 Å². The molecule has 1 aliphatic rings. The highest BCUT2D eigenvalue weighted by atomic mass is 16.7. The van der Waals surface area contributed by atoms with Crippen molar-refractivity contribution in [1.82, 2.24) is 0 Å². The van der Waals surface area contributed by atoms with Gasteiger partial charge < -0.3 is 19.4 Å². The van der Waals surface area contributed by atoms with Crippen LogP contribution in [0.25, 0.3) is 10.8 Å². The number of carbonyl (C=O) groups is 1. The van der Waals surface area contributed by atoms with Crippen molar-refractivity contribution in [2.24, 2.45) is 11.1 Å². The fourth-order valence-electron chi connectivity index (χ4n) is 3.32. The van der Waals surface area contributed by atoms with Crippen LogP contribution in [0.5, 0.6) is 0 Å². The van der Waals surface area contributed by atoms with Crippen molar-refractivity contribution in [3.8, 4) is 0 Å². The molecule has 0 radical (unpaired) electrons. The molecule has 0 aromatic heterocycles. The van der Waals surface area contributed by atoms with Crippen molar-refractivity contribution in [2.45, 2.75) is 45.3 Å². The quantitative estimate of drug-likeness (QED) is 0.379. The molecule has 0 unspecified atom stereocenters. The van der Waals surface area contributed by atoms with Crippen LogP contribution in [0.4, 0.5) is 0 Å². The summed E-state index contributed by atoms with van der Waals surface area (Å²) in [5.74, 6) is -2.32. The average Bonchev–Trinajstić information content (AvgIpc) is 2.73. The predicted molar refractivity (Wildman–Crippen MR) is 112 cm³/mol. The van der Waals surface area contributed by atoms with Crippen LogP contribution in [0.15, 0.2) is 47.6 Å². The Morgan fingerprint density at radius 3 is 2.59 bits per heavy atom. The number of carboxylic acids is 1. The van der Waals surface area contributed by atoms with Crippen LogP contribution in [0.3, 0.4) is 0 Å². The number of rotatable bonds is 9. The lowest BCUT2D eigenvalue weighted by Gasteiger charge is -2.34. The molecule has 0 saturated carbocycles. The van der Waals surface area contributed by atoms with E-state index in [9.17, 15) is 4.79 Å². The molecule has 0 bridgehead atoms. The first kappa shape index (κ1) is 21.3. The third kappa shape index (κ3) is 5.78. The normalized spacial score (nSPS) is 22.6. The van der Waals surface area contributed by atoms with Crippen LogP contribution >= 0.6 is 0 Å². The third-order valence-electron chi connectivity index (χ3n) is 5.29. The highest BCUT2D eigenvalue weighted by molar-refractivity contribution is 6.01. The Hall–Kier alpha value is -2.44. The van der Waals surface area contributed by atoms with Crippen molar-refractivity contribution in [3.05, 3.63) is 48.0 Å². The van der Waals surface area contributed by atoms with Crippen LogP contribution in [-0.2, 0) is 19.1 Å². The van der Waals surface area contributed by atoms with Gasteiger partial charge in [-0.2, -0.15) is 0 Å². The Balaban J connectivity index is 1.32. The first-order valence-electron chi connectivity index (χ1n) is 10.1. The van der Waals surface area contributed by atoms with Crippen molar-refractivity contribution in [1.29, 1.82) is 0 Å². The van der Waals surface area contributed by atoms with Gasteiger partial charge in [0.25, 0.3) is 5.79 Å². The molecule has 1 fully saturated rings. The second-order valence-corrected chi connectivity index (χ2v) is 7.66. The lowest BCUT2D eigenvalue weighted by molar-refractivity contribution is -0.271. The van der Waals surface area contributed by atoms with Crippen LogP contribution < -0.4 is 0 Å². The fourth-order valence-corrected chi connectivity index (χ4v) is 3.32. The molecule has 3 rings (SSSR count). The van der Waals surface area contributed by atoms with Gasteiger partial charge in [-0.1, -0.05) is 48.0 Å². The summed E-state index contributed by atoms with van der Waals surface area (Å²) in [6, 6.07) is 14.5. The Bertz CT molecular complexity index is 855. The zero-order chi connectivity index (χ0) is 20.7. The van der Waals surface area contributed by atoms with E-state index in [-0.39, 0.29) is 5.92 Å². The van der Waals surface area contributed by atoms with Gasteiger partial charge in [-0.15, -0.1) is 0 Å². The molecule has 0 spiro atoms. The first-order valence-corrected chi connectivity index (χ1v) is 10.1. The molecular formula is C23H29NO5. The molecule has 0 amide bonds. The highest BCUT2D eigenvalue weighted by Crippen LogP contribution is 2.24. The molecule has 6 heteroatoms. The Kier molecular flexibility index (Phi) is 7.23. The van der Waals surface area contributed by atoms with E-state index in [2.05, 4.69) is 35.5 Å². The van der Waals surface area contributed by atoms with Gasteiger partial charge in [0.15, 0.2) is 0 Å². The van der Waals surface area contributed by atoms with Crippen molar-refractivity contribution >= 4 is 22.5 Å². The molecule has 1 heterocycles. The number of ether oxygens (including phenoxy) is 2. The topological polar surface area (TPSA) is 77.4 Å². The molecule has 2 aromatic carbocycles. The SMILES string of the molecule is CC(=NOCCCCCC1COC(C)(C(=O)O)OC1)c1ccc2ccccc2c1. The van der Waals surface area contributed by atoms with Gasteiger partial charge in [0.2, 0.25) is 0 Å². The van der Waals surface area contributed by atoms with Crippen LogP contribution in [0.2, 0.25) is 0 Å². The molecule has 6 nitrogen and oxygen atoms in total. The van der Waals surface area contributed by atoms with E-state index in [1.807, 2.05) is 19.1 Å². The maximum atomic E-state index is 11.1. The summed E-state index contributed by atoms with van der Waals surface area (Å²) < 4.78 is 10.7. The summed E-state index contributed by atoms with van der Waals surface area (Å²) in [4.78, 5) is 16.5. The summed E-state index contributed by atoms with van der Waals surface area (Å²) in [6.07, 6.45) is 3.93. The lowest BCUT2D eigenvalue weighted by Crippen LogP contribution is -2.47. The van der Waals surface area contributed by atoms with Gasteiger partial charge in [-0.3, -0.25) is 0 Å². The average molecular weight is 399 g/mol. The number of oxime groups is 1. The van der Waals surface area contributed by atoms with Crippen molar-refractivity contribution in [2.75, 3.05) is 19.8 Å². The predicted octanol–water partition coefficient (Wildman–Crippen LogP) is 4.60. The number of benzene rings is 2. The van der Waals surface area contributed by atoms with Gasteiger partial charge in [0.05, 0.1) is 18.9 Å². The summed E-state index contributed by atoms with van der Waals surface area (Å²) in [5.41, 5.74) is 1.93. The second-order valence-electron chi connectivity index (χ2n) is 7.66. The summed E-state index contributed by atoms with van der Waals surface area (Å²) in [7, 11) is 0. The minimum atomic E-state index is -1.49. The van der Waals surface area contributed by atoms with Crippen molar-refractivity contribution in [3.63, 3.8) is 0 Å². The monoisotopic (exact) mass is 399 g/mol. The number of hydrogen-bond acceptors (Lipinski definition) is 5. The minimum Gasteiger partial charge on any atom is -0.477 e. The van der Waals surface area contributed by atoms with E-state index in [0.717, 1.165) is 37.0 Å². The molecule has 1 saturated heterocycles.